The van der Waals surface area contributed by atoms with Crippen molar-refractivity contribution in [3.8, 4) is 0 Å². The zero-order valence-corrected chi connectivity index (χ0v) is 8.82. The Morgan fingerprint density at radius 3 is 2.31 bits per heavy atom. The Morgan fingerprint density at radius 1 is 1.06 bits per heavy atom. The van der Waals surface area contributed by atoms with Gasteiger partial charge in [0.25, 0.3) is 0 Å². The van der Waals surface area contributed by atoms with Gasteiger partial charge >= 0.3 is 0 Å². The molecule has 1 nitrogen and oxygen atoms in total. The van der Waals surface area contributed by atoms with Crippen molar-refractivity contribution in [2.45, 2.75) is 12.8 Å². The largest absolute Gasteiger partial charge is 0.261 e. The molecule has 0 bridgehead atoms. The molecule has 0 saturated heterocycles. The van der Waals surface area contributed by atoms with E-state index < -0.39 is 11.6 Å². The van der Waals surface area contributed by atoms with Crippen molar-refractivity contribution in [2.75, 3.05) is 0 Å². The Kier molecular flexibility index (Phi) is 2.95. The van der Waals surface area contributed by atoms with E-state index in [4.69, 9.17) is 0 Å². The quantitative estimate of drug-likeness (QED) is 0.753. The zero-order valence-electron chi connectivity index (χ0n) is 8.82. The van der Waals surface area contributed by atoms with Gasteiger partial charge in [0.2, 0.25) is 0 Å². The van der Waals surface area contributed by atoms with Crippen LogP contribution in [-0.4, -0.2) is 4.98 Å². The molecule has 0 aliphatic carbocycles. The van der Waals surface area contributed by atoms with Gasteiger partial charge in [-0.15, -0.1) is 0 Å². The molecule has 0 fully saturated rings. The zero-order chi connectivity index (χ0) is 11.5. The SMILES string of the molecule is CC(c1cc(F)cc(F)c1)c1ccccn1. The first-order valence-corrected chi connectivity index (χ1v) is 5.04. The van der Waals surface area contributed by atoms with E-state index in [1.54, 1.807) is 6.20 Å². The fourth-order valence-electron chi connectivity index (χ4n) is 1.63. The van der Waals surface area contributed by atoms with E-state index in [0.29, 0.717) is 5.56 Å². The van der Waals surface area contributed by atoms with Gasteiger partial charge in [-0.25, -0.2) is 8.78 Å². The highest BCUT2D eigenvalue weighted by Crippen LogP contribution is 2.23. The van der Waals surface area contributed by atoms with Gasteiger partial charge in [0.05, 0.1) is 0 Å². The second-order valence-electron chi connectivity index (χ2n) is 3.68. The van der Waals surface area contributed by atoms with Crippen LogP contribution in [0.15, 0.2) is 42.6 Å². The summed E-state index contributed by atoms with van der Waals surface area (Å²) in [5.41, 5.74) is 1.39. The van der Waals surface area contributed by atoms with Crippen molar-refractivity contribution in [1.29, 1.82) is 0 Å². The molecular weight excluding hydrogens is 208 g/mol. The van der Waals surface area contributed by atoms with E-state index in [2.05, 4.69) is 4.98 Å². The van der Waals surface area contributed by atoms with Crippen molar-refractivity contribution >= 4 is 0 Å². The Bertz CT molecular complexity index is 462. The van der Waals surface area contributed by atoms with Crippen LogP contribution in [0, 0.1) is 11.6 Å². The maximum absolute atomic E-state index is 13.0. The second-order valence-corrected chi connectivity index (χ2v) is 3.68. The van der Waals surface area contributed by atoms with Crippen LogP contribution in [0.2, 0.25) is 0 Å². The number of nitrogens with zero attached hydrogens (tertiary/aromatic N) is 1. The van der Waals surface area contributed by atoms with Gasteiger partial charge in [0, 0.05) is 23.9 Å². The third-order valence-corrected chi connectivity index (χ3v) is 2.52. The van der Waals surface area contributed by atoms with Gasteiger partial charge in [0.15, 0.2) is 0 Å². The Morgan fingerprint density at radius 2 is 1.75 bits per heavy atom. The standard InChI is InChI=1S/C13H11F2N/c1-9(13-4-2-3-5-16-13)10-6-11(14)8-12(15)7-10/h2-9H,1H3. The predicted octanol–water partition coefficient (Wildman–Crippen LogP) is 3.51. The first-order chi connectivity index (χ1) is 7.66. The second kappa shape index (κ2) is 4.39. The summed E-state index contributed by atoms with van der Waals surface area (Å²) in [4.78, 5) is 4.17. The van der Waals surface area contributed by atoms with E-state index in [9.17, 15) is 8.78 Å². The van der Waals surface area contributed by atoms with Gasteiger partial charge in [-0.2, -0.15) is 0 Å². The summed E-state index contributed by atoms with van der Waals surface area (Å²) in [6.45, 7) is 1.87. The molecule has 1 aromatic carbocycles. The van der Waals surface area contributed by atoms with Crippen LogP contribution in [0.5, 0.6) is 0 Å². The summed E-state index contributed by atoms with van der Waals surface area (Å²) in [5.74, 6) is -1.23. The summed E-state index contributed by atoms with van der Waals surface area (Å²) < 4.78 is 26.1. The smallest absolute Gasteiger partial charge is 0.126 e. The topological polar surface area (TPSA) is 12.9 Å². The first-order valence-electron chi connectivity index (χ1n) is 5.04. The lowest BCUT2D eigenvalue weighted by Crippen LogP contribution is -1.99. The first kappa shape index (κ1) is 10.7. The van der Waals surface area contributed by atoms with Crippen LogP contribution < -0.4 is 0 Å². The Hall–Kier alpha value is -1.77. The van der Waals surface area contributed by atoms with Crippen molar-refractivity contribution in [3.05, 3.63) is 65.5 Å². The lowest BCUT2D eigenvalue weighted by Gasteiger charge is -2.11. The van der Waals surface area contributed by atoms with Crippen molar-refractivity contribution in [1.82, 2.24) is 4.98 Å². The van der Waals surface area contributed by atoms with E-state index >= 15 is 0 Å². The van der Waals surface area contributed by atoms with Crippen molar-refractivity contribution in [2.24, 2.45) is 0 Å². The van der Waals surface area contributed by atoms with Gasteiger partial charge in [-0.1, -0.05) is 13.0 Å². The summed E-state index contributed by atoms with van der Waals surface area (Å²) in [5, 5.41) is 0. The van der Waals surface area contributed by atoms with Gasteiger partial charge in [-0.05, 0) is 29.8 Å². The summed E-state index contributed by atoms with van der Waals surface area (Å²) in [6, 6.07) is 9.05. The highest BCUT2D eigenvalue weighted by atomic mass is 19.1. The molecule has 1 heterocycles. The average molecular weight is 219 g/mol. The number of benzene rings is 1. The minimum Gasteiger partial charge on any atom is -0.261 e. The summed E-state index contributed by atoms with van der Waals surface area (Å²) in [7, 11) is 0. The van der Waals surface area contributed by atoms with E-state index in [0.717, 1.165) is 11.8 Å². The van der Waals surface area contributed by atoms with Gasteiger partial charge in [-0.3, -0.25) is 4.98 Å². The lowest BCUT2D eigenvalue weighted by molar-refractivity contribution is 0.578. The van der Waals surface area contributed by atoms with Crippen LogP contribution in [0.25, 0.3) is 0 Å². The molecule has 1 atom stereocenters. The van der Waals surface area contributed by atoms with Gasteiger partial charge in [0.1, 0.15) is 11.6 Å². The van der Waals surface area contributed by atoms with Crippen LogP contribution in [0.4, 0.5) is 8.78 Å². The number of rotatable bonds is 2. The molecule has 0 aliphatic heterocycles. The third kappa shape index (κ3) is 2.24. The third-order valence-electron chi connectivity index (χ3n) is 2.52. The maximum atomic E-state index is 13.0. The minimum atomic E-state index is -0.558. The normalized spacial score (nSPS) is 12.4. The number of pyridine rings is 1. The number of hydrogen-bond donors (Lipinski definition) is 0. The Labute approximate surface area is 92.8 Å². The molecule has 16 heavy (non-hydrogen) atoms. The molecule has 0 N–H and O–H groups in total. The number of aromatic nitrogens is 1. The maximum Gasteiger partial charge on any atom is 0.126 e. The molecule has 0 radical (unpaired) electrons. The molecule has 1 aromatic heterocycles. The van der Waals surface area contributed by atoms with Crippen LogP contribution >= 0.6 is 0 Å². The fraction of sp³-hybridized carbons (Fsp3) is 0.154. The molecule has 82 valence electrons. The molecule has 3 heteroatoms. The van der Waals surface area contributed by atoms with Crippen LogP contribution in [0.1, 0.15) is 24.1 Å². The predicted molar refractivity (Wildman–Crippen MR) is 58.1 cm³/mol. The van der Waals surface area contributed by atoms with E-state index in [-0.39, 0.29) is 5.92 Å². The molecule has 1 unspecified atom stereocenters. The molecular formula is C13H11F2N. The minimum absolute atomic E-state index is 0.119. The number of halogens is 2. The molecule has 0 spiro atoms. The highest BCUT2D eigenvalue weighted by molar-refractivity contribution is 5.28. The highest BCUT2D eigenvalue weighted by Gasteiger charge is 2.11. The van der Waals surface area contributed by atoms with Crippen LogP contribution in [0.3, 0.4) is 0 Å². The fourth-order valence-corrected chi connectivity index (χ4v) is 1.63. The molecule has 0 saturated carbocycles. The average Bonchev–Trinajstić information content (AvgIpc) is 2.28. The molecule has 0 aliphatic rings. The summed E-state index contributed by atoms with van der Waals surface area (Å²) in [6.07, 6.45) is 1.67. The van der Waals surface area contributed by atoms with E-state index in [1.807, 2.05) is 25.1 Å². The summed E-state index contributed by atoms with van der Waals surface area (Å²) >= 11 is 0. The lowest BCUT2D eigenvalue weighted by atomic mass is 9.97. The van der Waals surface area contributed by atoms with Crippen molar-refractivity contribution < 1.29 is 8.78 Å². The molecule has 2 aromatic rings. The van der Waals surface area contributed by atoms with Crippen molar-refractivity contribution in [3.63, 3.8) is 0 Å². The van der Waals surface area contributed by atoms with Gasteiger partial charge < -0.3 is 0 Å². The Balaban J connectivity index is 2.37. The van der Waals surface area contributed by atoms with E-state index in [1.165, 1.54) is 12.1 Å². The van der Waals surface area contributed by atoms with Crippen LogP contribution in [-0.2, 0) is 0 Å². The molecule has 0 amide bonds. The monoisotopic (exact) mass is 219 g/mol. The molecule has 2 rings (SSSR count). The number of hydrogen-bond acceptors (Lipinski definition) is 1.